The van der Waals surface area contributed by atoms with Crippen LogP contribution >= 0.6 is 15.9 Å². The molecule has 6 heteroatoms. The molecule has 2 N–H and O–H groups in total. The average Bonchev–Trinajstić information content (AvgIpc) is 2.94. The predicted molar refractivity (Wildman–Crippen MR) is 85.4 cm³/mol. The van der Waals surface area contributed by atoms with Gasteiger partial charge in [0.25, 0.3) is 0 Å². The molecule has 2 aromatic rings. The number of hydrogen-bond acceptors (Lipinski definition) is 4. The van der Waals surface area contributed by atoms with Gasteiger partial charge in [-0.25, -0.2) is 4.98 Å². The summed E-state index contributed by atoms with van der Waals surface area (Å²) in [6.07, 6.45) is 3.72. The topological polar surface area (TPSA) is 62.3 Å². The SMILES string of the molecule is CCOc1cc(CN)cc(Br)c1OCc1nccn1CC. The van der Waals surface area contributed by atoms with E-state index in [1.807, 2.05) is 29.8 Å². The highest BCUT2D eigenvalue weighted by atomic mass is 79.9. The van der Waals surface area contributed by atoms with Crippen LogP contribution in [0.1, 0.15) is 25.2 Å². The van der Waals surface area contributed by atoms with Gasteiger partial charge in [0, 0.05) is 25.5 Å². The smallest absolute Gasteiger partial charge is 0.176 e. The number of benzene rings is 1. The van der Waals surface area contributed by atoms with E-state index < -0.39 is 0 Å². The zero-order valence-electron chi connectivity index (χ0n) is 12.3. The van der Waals surface area contributed by atoms with Crippen molar-refractivity contribution >= 4 is 15.9 Å². The molecule has 2 rings (SSSR count). The Hall–Kier alpha value is -1.53. The Balaban J connectivity index is 2.22. The van der Waals surface area contributed by atoms with Gasteiger partial charge < -0.3 is 19.8 Å². The summed E-state index contributed by atoms with van der Waals surface area (Å²) in [7, 11) is 0. The van der Waals surface area contributed by atoms with E-state index in [2.05, 4.69) is 27.8 Å². The van der Waals surface area contributed by atoms with Gasteiger partial charge in [-0.3, -0.25) is 0 Å². The van der Waals surface area contributed by atoms with E-state index in [1.165, 1.54) is 0 Å². The van der Waals surface area contributed by atoms with Crippen molar-refractivity contribution in [2.24, 2.45) is 5.73 Å². The van der Waals surface area contributed by atoms with E-state index in [4.69, 9.17) is 15.2 Å². The number of aryl methyl sites for hydroxylation is 1. The summed E-state index contributed by atoms with van der Waals surface area (Å²) in [4.78, 5) is 4.30. The summed E-state index contributed by atoms with van der Waals surface area (Å²) in [5.74, 6) is 2.26. The summed E-state index contributed by atoms with van der Waals surface area (Å²) >= 11 is 3.52. The third-order valence-electron chi connectivity index (χ3n) is 3.09. The second-order valence-electron chi connectivity index (χ2n) is 4.46. The van der Waals surface area contributed by atoms with Gasteiger partial charge in [-0.15, -0.1) is 0 Å². The minimum absolute atomic E-state index is 0.390. The molecule has 0 saturated heterocycles. The van der Waals surface area contributed by atoms with E-state index in [9.17, 15) is 0 Å². The quantitative estimate of drug-likeness (QED) is 0.830. The molecule has 0 fully saturated rings. The fourth-order valence-electron chi connectivity index (χ4n) is 2.05. The number of halogens is 1. The summed E-state index contributed by atoms with van der Waals surface area (Å²) < 4.78 is 14.4. The molecular formula is C15H20BrN3O2. The van der Waals surface area contributed by atoms with Crippen LogP contribution in [-0.2, 0) is 19.7 Å². The molecule has 0 bridgehead atoms. The molecule has 21 heavy (non-hydrogen) atoms. The minimum atomic E-state index is 0.390. The summed E-state index contributed by atoms with van der Waals surface area (Å²) in [5.41, 5.74) is 6.69. The monoisotopic (exact) mass is 353 g/mol. The molecule has 1 aromatic heterocycles. The molecule has 0 radical (unpaired) electrons. The highest BCUT2D eigenvalue weighted by Crippen LogP contribution is 2.37. The second kappa shape index (κ2) is 7.47. The Morgan fingerprint density at radius 3 is 2.76 bits per heavy atom. The molecule has 0 saturated carbocycles. The Labute approximate surface area is 133 Å². The molecule has 0 aliphatic heterocycles. The van der Waals surface area contributed by atoms with Crippen molar-refractivity contribution < 1.29 is 9.47 Å². The van der Waals surface area contributed by atoms with Gasteiger partial charge in [-0.2, -0.15) is 0 Å². The molecule has 114 valence electrons. The van der Waals surface area contributed by atoms with Crippen LogP contribution in [0.15, 0.2) is 29.0 Å². The van der Waals surface area contributed by atoms with Crippen molar-refractivity contribution in [1.82, 2.24) is 9.55 Å². The van der Waals surface area contributed by atoms with E-state index >= 15 is 0 Å². The molecule has 0 atom stereocenters. The number of rotatable bonds is 7. The summed E-state index contributed by atoms with van der Waals surface area (Å²) in [5, 5.41) is 0. The van der Waals surface area contributed by atoms with Crippen LogP contribution in [0.2, 0.25) is 0 Å². The summed E-state index contributed by atoms with van der Waals surface area (Å²) in [6.45, 7) is 6.30. The third kappa shape index (κ3) is 3.77. The molecule has 0 amide bonds. The fraction of sp³-hybridized carbons (Fsp3) is 0.400. The van der Waals surface area contributed by atoms with Crippen molar-refractivity contribution in [3.63, 3.8) is 0 Å². The molecule has 0 unspecified atom stereocenters. The lowest BCUT2D eigenvalue weighted by molar-refractivity contribution is 0.258. The van der Waals surface area contributed by atoms with Gasteiger partial charge in [-0.1, -0.05) is 0 Å². The van der Waals surface area contributed by atoms with Crippen molar-refractivity contribution in [2.45, 2.75) is 33.5 Å². The van der Waals surface area contributed by atoms with Crippen molar-refractivity contribution in [3.05, 3.63) is 40.4 Å². The standard InChI is InChI=1S/C15H20BrN3O2/c1-3-19-6-5-18-14(19)10-21-15-12(16)7-11(9-17)8-13(15)20-4-2/h5-8H,3-4,9-10,17H2,1-2H3. The van der Waals surface area contributed by atoms with Crippen LogP contribution in [0.5, 0.6) is 11.5 Å². The predicted octanol–water partition coefficient (Wildman–Crippen LogP) is 3.10. The maximum Gasteiger partial charge on any atom is 0.176 e. The lowest BCUT2D eigenvalue weighted by Gasteiger charge is -2.15. The van der Waals surface area contributed by atoms with Crippen LogP contribution in [0, 0.1) is 0 Å². The zero-order valence-corrected chi connectivity index (χ0v) is 13.9. The van der Waals surface area contributed by atoms with Crippen molar-refractivity contribution in [2.75, 3.05) is 6.61 Å². The van der Waals surface area contributed by atoms with Gasteiger partial charge in [0.2, 0.25) is 0 Å². The van der Waals surface area contributed by atoms with E-state index in [-0.39, 0.29) is 0 Å². The lowest BCUT2D eigenvalue weighted by Crippen LogP contribution is -2.07. The first kappa shape index (κ1) is 15.9. The fourth-order valence-corrected chi connectivity index (χ4v) is 2.65. The Kier molecular flexibility index (Phi) is 5.64. The molecule has 1 heterocycles. The molecule has 0 spiro atoms. The van der Waals surface area contributed by atoms with Gasteiger partial charge in [0.05, 0.1) is 11.1 Å². The van der Waals surface area contributed by atoms with E-state index in [0.29, 0.717) is 31.3 Å². The Morgan fingerprint density at radius 1 is 1.29 bits per heavy atom. The van der Waals surface area contributed by atoms with Gasteiger partial charge in [0.15, 0.2) is 11.5 Å². The molecule has 5 nitrogen and oxygen atoms in total. The molecular weight excluding hydrogens is 334 g/mol. The first-order valence-corrected chi connectivity index (χ1v) is 7.77. The molecule has 1 aromatic carbocycles. The largest absolute Gasteiger partial charge is 0.490 e. The molecule has 0 aliphatic carbocycles. The highest BCUT2D eigenvalue weighted by Gasteiger charge is 2.13. The van der Waals surface area contributed by atoms with E-state index in [0.717, 1.165) is 22.4 Å². The lowest BCUT2D eigenvalue weighted by atomic mass is 10.2. The Bertz CT molecular complexity index is 599. The highest BCUT2D eigenvalue weighted by molar-refractivity contribution is 9.10. The third-order valence-corrected chi connectivity index (χ3v) is 3.68. The second-order valence-corrected chi connectivity index (χ2v) is 5.31. The van der Waals surface area contributed by atoms with Gasteiger partial charge in [0.1, 0.15) is 12.4 Å². The van der Waals surface area contributed by atoms with Gasteiger partial charge in [-0.05, 0) is 47.5 Å². The van der Waals surface area contributed by atoms with Crippen molar-refractivity contribution in [1.29, 1.82) is 0 Å². The number of aromatic nitrogens is 2. The maximum absolute atomic E-state index is 5.91. The average molecular weight is 354 g/mol. The zero-order chi connectivity index (χ0) is 15.2. The molecule has 0 aliphatic rings. The van der Waals surface area contributed by atoms with Gasteiger partial charge >= 0.3 is 0 Å². The number of nitrogens with zero attached hydrogens (tertiary/aromatic N) is 2. The van der Waals surface area contributed by atoms with Crippen LogP contribution in [-0.4, -0.2) is 16.2 Å². The van der Waals surface area contributed by atoms with Crippen LogP contribution in [0.4, 0.5) is 0 Å². The van der Waals surface area contributed by atoms with Crippen molar-refractivity contribution in [3.8, 4) is 11.5 Å². The Morgan fingerprint density at radius 2 is 2.10 bits per heavy atom. The van der Waals surface area contributed by atoms with E-state index in [1.54, 1.807) is 6.20 Å². The first-order valence-electron chi connectivity index (χ1n) is 6.97. The van der Waals surface area contributed by atoms with Crippen LogP contribution < -0.4 is 15.2 Å². The minimum Gasteiger partial charge on any atom is -0.490 e. The number of nitrogens with two attached hydrogens (primary N) is 1. The first-order chi connectivity index (χ1) is 10.2. The number of imidazole rings is 1. The number of hydrogen-bond donors (Lipinski definition) is 1. The van der Waals surface area contributed by atoms with Crippen LogP contribution in [0.3, 0.4) is 0 Å². The number of ether oxygens (including phenoxy) is 2. The summed E-state index contributed by atoms with van der Waals surface area (Å²) in [6, 6.07) is 3.86. The van der Waals surface area contributed by atoms with Crippen LogP contribution in [0.25, 0.3) is 0 Å². The normalized spacial score (nSPS) is 10.7. The maximum atomic E-state index is 5.91.